The number of rotatable bonds is 7. The van der Waals surface area contributed by atoms with E-state index in [-0.39, 0.29) is 23.3 Å². The van der Waals surface area contributed by atoms with Crippen molar-refractivity contribution in [2.75, 3.05) is 0 Å². The van der Waals surface area contributed by atoms with Crippen LogP contribution in [0.4, 0.5) is 0 Å². The number of amides is 1. The molecule has 2 N–H and O–H groups in total. The minimum absolute atomic E-state index is 0.0322. The Kier molecular flexibility index (Phi) is 10.3. The van der Waals surface area contributed by atoms with Crippen LogP contribution in [0.1, 0.15) is 112 Å². The fourth-order valence-corrected chi connectivity index (χ4v) is 10.8. The molecule has 7 rings (SSSR count). The van der Waals surface area contributed by atoms with Crippen molar-refractivity contribution in [1.29, 1.82) is 0 Å². The average molecular weight is 744 g/mol. The van der Waals surface area contributed by atoms with E-state index >= 15 is 0 Å². The average Bonchev–Trinajstić information content (AvgIpc) is 3.22. The van der Waals surface area contributed by atoms with Crippen LogP contribution in [0, 0.1) is 32.1 Å². The van der Waals surface area contributed by atoms with Gasteiger partial charge >= 0.3 is 0 Å². The second-order valence-electron chi connectivity index (χ2n) is 18.0. The van der Waals surface area contributed by atoms with Crippen LogP contribution in [0.5, 0.6) is 0 Å². The van der Waals surface area contributed by atoms with Gasteiger partial charge in [-0.05, 0) is 96.7 Å². The quantitative estimate of drug-likeness (QED) is 0.131. The monoisotopic (exact) mass is 743 g/mol. The second kappa shape index (κ2) is 14.8. The van der Waals surface area contributed by atoms with Gasteiger partial charge < -0.3 is 5.73 Å². The number of hydrogen-bond donors (Lipinski definition) is 1. The first-order chi connectivity index (χ1) is 26.6. The Hall–Kier alpha value is -5.09. The van der Waals surface area contributed by atoms with Gasteiger partial charge in [0.1, 0.15) is 5.92 Å². The first kappa shape index (κ1) is 39.2. The number of pyridine rings is 2. The fraction of sp³-hybridized carbons (Fsp3) is 0.365. The van der Waals surface area contributed by atoms with Gasteiger partial charge in [0.2, 0.25) is 11.6 Å². The molecule has 2 aliphatic rings. The summed E-state index contributed by atoms with van der Waals surface area (Å²) in [5, 5.41) is 0. The number of fused-ring (bicyclic) bond motifs is 7. The van der Waals surface area contributed by atoms with E-state index in [1.807, 2.05) is 0 Å². The standard InChI is InChI=1S/C52H60N3O/c1-11-12-26-52(51(10,37(5)49(53)56)48-35(3)29-40(30-36(48)4)39-20-14-13-15-21-39)27-25-46-47(43-23-17-16-22-42(43)45-24-18-19-28-54(45)46)38(6)55-33-44(50(7,8)9)34(2)31-41(55)32-52/h12-24,26,28-31,33,37,46-47H,6,11,25,27,32H2,1-5,7-10H3,(H-,53,56)/q+1/p+1. The van der Waals surface area contributed by atoms with Crippen LogP contribution < -0.4 is 14.9 Å². The Morgan fingerprint density at radius 3 is 2.23 bits per heavy atom. The SMILES string of the molecule is C=C1C2c3ccccc3-c3cccc[n+]3C2CCC(C=CCC)(C(C)(c2c(C)cc(-c3ccccc3)cc2C)C(C)C(N)=O)Cc2cc(C)c(C(C)(C)C)c[n+]21. The minimum atomic E-state index is -0.680. The lowest BCUT2D eigenvalue weighted by Gasteiger charge is -2.51. The zero-order chi connectivity index (χ0) is 40.2. The number of aromatic nitrogens is 2. The third-order valence-electron chi connectivity index (χ3n) is 13.6. The molecule has 2 aliphatic heterocycles. The third kappa shape index (κ3) is 6.45. The molecular formula is C52H61N3O+2. The van der Waals surface area contributed by atoms with Crippen LogP contribution >= 0.6 is 0 Å². The zero-order valence-electron chi connectivity index (χ0n) is 35.1. The lowest BCUT2D eigenvalue weighted by atomic mass is 9.50. The summed E-state index contributed by atoms with van der Waals surface area (Å²) in [5.74, 6) is -0.716. The summed E-state index contributed by atoms with van der Waals surface area (Å²) in [5.41, 5.74) is 19.9. The van der Waals surface area contributed by atoms with Crippen molar-refractivity contribution >= 4 is 11.6 Å². The van der Waals surface area contributed by atoms with E-state index in [0.717, 1.165) is 25.0 Å². The van der Waals surface area contributed by atoms with Crippen LogP contribution in [-0.4, -0.2) is 5.91 Å². The molecule has 4 heterocycles. The van der Waals surface area contributed by atoms with Gasteiger partial charge in [-0.2, -0.15) is 9.13 Å². The maximum Gasteiger partial charge on any atom is 0.221 e. The molecule has 1 amide bonds. The lowest BCUT2D eigenvalue weighted by Crippen LogP contribution is -2.54. The molecule has 2 aromatic heterocycles. The molecule has 56 heavy (non-hydrogen) atoms. The van der Waals surface area contributed by atoms with Crippen LogP contribution in [0.25, 0.3) is 28.1 Å². The van der Waals surface area contributed by atoms with Gasteiger partial charge in [-0.3, -0.25) is 4.79 Å². The highest BCUT2D eigenvalue weighted by atomic mass is 16.1. The molecule has 0 bridgehead atoms. The van der Waals surface area contributed by atoms with E-state index in [2.05, 4.69) is 187 Å². The summed E-state index contributed by atoms with van der Waals surface area (Å²) >= 11 is 0. The Labute approximate surface area is 335 Å². The number of allylic oxidation sites excluding steroid dienone is 3. The van der Waals surface area contributed by atoms with E-state index in [1.54, 1.807) is 0 Å². The molecule has 0 radical (unpaired) electrons. The van der Waals surface area contributed by atoms with Gasteiger partial charge in [0.15, 0.2) is 29.8 Å². The molecule has 5 atom stereocenters. The Bertz CT molecular complexity index is 2320. The molecule has 0 saturated heterocycles. The minimum Gasteiger partial charge on any atom is -0.369 e. The van der Waals surface area contributed by atoms with Gasteiger partial charge in [0.25, 0.3) is 0 Å². The fourth-order valence-electron chi connectivity index (χ4n) is 10.8. The van der Waals surface area contributed by atoms with E-state index in [9.17, 15) is 4.79 Å². The van der Waals surface area contributed by atoms with Gasteiger partial charge in [-0.1, -0.05) is 114 Å². The summed E-state index contributed by atoms with van der Waals surface area (Å²) in [6.07, 6.45) is 12.8. The zero-order valence-corrected chi connectivity index (χ0v) is 35.1. The van der Waals surface area contributed by atoms with Crippen LogP contribution in [-0.2, 0) is 22.0 Å². The van der Waals surface area contributed by atoms with Crippen LogP contribution in [0.15, 0.2) is 122 Å². The van der Waals surface area contributed by atoms with Crippen molar-refractivity contribution in [2.45, 2.75) is 111 Å². The molecular weight excluding hydrogens is 683 g/mol. The molecule has 5 unspecified atom stereocenters. The predicted molar refractivity (Wildman–Crippen MR) is 231 cm³/mol. The number of nitrogens with two attached hydrogens (primary N) is 1. The summed E-state index contributed by atoms with van der Waals surface area (Å²) in [6.45, 7) is 25.3. The van der Waals surface area contributed by atoms with Crippen molar-refractivity contribution < 1.29 is 13.9 Å². The molecule has 0 aliphatic carbocycles. The van der Waals surface area contributed by atoms with Crippen molar-refractivity contribution in [1.82, 2.24) is 0 Å². The highest BCUT2D eigenvalue weighted by Gasteiger charge is 2.57. The molecule has 3 aromatic carbocycles. The molecule has 5 aromatic rings. The summed E-state index contributed by atoms with van der Waals surface area (Å²) in [6, 6.07) is 33.2. The van der Waals surface area contributed by atoms with E-state index < -0.39 is 16.7 Å². The highest BCUT2D eigenvalue weighted by molar-refractivity contribution is 5.79. The smallest absolute Gasteiger partial charge is 0.221 e. The van der Waals surface area contributed by atoms with E-state index in [0.29, 0.717) is 6.42 Å². The summed E-state index contributed by atoms with van der Waals surface area (Å²) < 4.78 is 4.96. The third-order valence-corrected chi connectivity index (χ3v) is 13.6. The normalized spacial score (nSPS) is 21.1. The van der Waals surface area contributed by atoms with Crippen molar-refractivity contribution in [3.63, 3.8) is 0 Å². The Morgan fingerprint density at radius 1 is 0.911 bits per heavy atom. The topological polar surface area (TPSA) is 50.9 Å². The number of hydrogen-bond acceptors (Lipinski definition) is 1. The first-order valence-electron chi connectivity index (χ1n) is 20.6. The van der Waals surface area contributed by atoms with Crippen molar-refractivity contribution in [2.24, 2.45) is 17.1 Å². The number of aryl methyl sites for hydroxylation is 3. The largest absolute Gasteiger partial charge is 0.369 e. The number of primary amides is 1. The number of benzene rings is 3. The first-order valence-corrected chi connectivity index (χ1v) is 20.6. The molecule has 4 nitrogen and oxygen atoms in total. The maximum atomic E-state index is 13.9. The van der Waals surface area contributed by atoms with Gasteiger partial charge in [0, 0.05) is 53.4 Å². The predicted octanol–water partition coefficient (Wildman–Crippen LogP) is 11.0. The molecule has 0 spiro atoms. The Morgan fingerprint density at radius 2 is 1.57 bits per heavy atom. The van der Waals surface area contributed by atoms with E-state index in [1.165, 1.54) is 61.5 Å². The maximum absolute atomic E-state index is 13.9. The van der Waals surface area contributed by atoms with Gasteiger partial charge in [-0.15, -0.1) is 0 Å². The number of carbonyl (C=O) groups excluding carboxylic acids is 1. The van der Waals surface area contributed by atoms with Crippen molar-refractivity contribution in [3.05, 3.63) is 161 Å². The highest BCUT2D eigenvalue weighted by Crippen LogP contribution is 2.57. The molecule has 0 saturated carbocycles. The van der Waals surface area contributed by atoms with Crippen LogP contribution in [0.3, 0.4) is 0 Å². The second-order valence-corrected chi connectivity index (χ2v) is 18.0. The van der Waals surface area contributed by atoms with E-state index in [4.69, 9.17) is 12.3 Å². The summed E-state index contributed by atoms with van der Waals surface area (Å²) in [4.78, 5) is 13.9. The number of carbonyl (C=O) groups is 1. The van der Waals surface area contributed by atoms with Gasteiger partial charge in [-0.25, -0.2) is 0 Å². The molecule has 4 heteroatoms. The molecule has 0 fully saturated rings. The van der Waals surface area contributed by atoms with Crippen molar-refractivity contribution in [3.8, 4) is 22.4 Å². The molecule has 288 valence electrons. The van der Waals surface area contributed by atoms with Crippen LogP contribution in [0.2, 0.25) is 0 Å². The Balaban J connectivity index is 1.56. The number of nitrogens with zero attached hydrogens (tertiary/aromatic N) is 2. The van der Waals surface area contributed by atoms with Gasteiger partial charge in [0.05, 0.1) is 5.56 Å². The summed E-state index contributed by atoms with van der Waals surface area (Å²) in [7, 11) is 0. The lowest BCUT2D eigenvalue weighted by molar-refractivity contribution is -0.720.